The zero-order valence-corrected chi connectivity index (χ0v) is 18.6. The topological polar surface area (TPSA) is 69.4 Å². The lowest BCUT2D eigenvalue weighted by molar-refractivity contribution is -0.0903. The van der Waals surface area contributed by atoms with Crippen molar-refractivity contribution in [2.24, 2.45) is 5.92 Å². The van der Waals surface area contributed by atoms with Crippen LogP contribution in [0.15, 0.2) is 36.7 Å². The minimum absolute atomic E-state index is 0.00928. The van der Waals surface area contributed by atoms with E-state index in [1.807, 2.05) is 36.1 Å². The van der Waals surface area contributed by atoms with Crippen molar-refractivity contribution in [3.8, 4) is 11.4 Å². The SMILES string of the molecule is CC[C@@]12CC[C@](O)(COC)C[C@@H]1CCOc1cc3c(cnn3-c3ccnc(C)c3)cc12. The third-order valence-electron chi connectivity index (χ3n) is 7.54. The first kappa shape index (κ1) is 20.5. The molecule has 0 amide bonds. The first-order chi connectivity index (χ1) is 15.0. The van der Waals surface area contributed by atoms with E-state index in [9.17, 15) is 5.11 Å². The average molecular weight is 422 g/mol. The monoisotopic (exact) mass is 421 g/mol. The van der Waals surface area contributed by atoms with Gasteiger partial charge in [0.1, 0.15) is 5.75 Å². The molecule has 0 bridgehead atoms. The van der Waals surface area contributed by atoms with Crippen molar-refractivity contribution in [2.75, 3.05) is 20.3 Å². The standard InChI is InChI=1S/C25H31N3O3/c1-4-25-8-7-24(29,16-30-3)14-19(25)6-10-31-23-13-22-18(12-21(23)25)15-27-28(22)20-5-9-26-17(2)11-20/h5,9,11-13,15,19,29H,4,6-8,10,14,16H2,1-3H3/t19-,24+,25+/m0/s1. The number of aryl methyl sites for hydroxylation is 1. The van der Waals surface area contributed by atoms with Gasteiger partial charge >= 0.3 is 0 Å². The molecular weight excluding hydrogens is 390 g/mol. The Morgan fingerprint density at radius 3 is 2.94 bits per heavy atom. The number of rotatable bonds is 4. The molecule has 0 spiro atoms. The van der Waals surface area contributed by atoms with Crippen molar-refractivity contribution in [2.45, 2.75) is 57.0 Å². The summed E-state index contributed by atoms with van der Waals surface area (Å²) >= 11 is 0. The second-order valence-corrected chi connectivity index (χ2v) is 9.32. The molecule has 0 radical (unpaired) electrons. The number of aromatic nitrogens is 3. The Morgan fingerprint density at radius 1 is 1.29 bits per heavy atom. The summed E-state index contributed by atoms with van der Waals surface area (Å²) in [6.45, 7) is 5.32. The minimum Gasteiger partial charge on any atom is -0.493 e. The molecule has 3 atom stereocenters. The van der Waals surface area contributed by atoms with Crippen LogP contribution in [0.5, 0.6) is 5.75 Å². The molecule has 1 aliphatic carbocycles. The average Bonchev–Trinajstić information content (AvgIpc) is 3.10. The van der Waals surface area contributed by atoms with E-state index in [0.29, 0.717) is 19.1 Å². The zero-order valence-electron chi connectivity index (χ0n) is 18.6. The normalized spacial score (nSPS) is 27.9. The molecule has 31 heavy (non-hydrogen) atoms. The highest BCUT2D eigenvalue weighted by Gasteiger charge is 2.50. The Bertz CT molecular complexity index is 1110. The number of fused-ring (bicyclic) bond motifs is 4. The van der Waals surface area contributed by atoms with Crippen LogP contribution >= 0.6 is 0 Å². The predicted octanol–water partition coefficient (Wildman–Crippen LogP) is 4.34. The molecule has 1 N–H and O–H groups in total. The molecule has 1 fully saturated rings. The van der Waals surface area contributed by atoms with Crippen molar-refractivity contribution in [1.82, 2.24) is 14.8 Å². The van der Waals surface area contributed by atoms with Crippen LogP contribution in [0, 0.1) is 12.8 Å². The third-order valence-corrected chi connectivity index (χ3v) is 7.54. The second-order valence-electron chi connectivity index (χ2n) is 9.32. The molecule has 1 aliphatic heterocycles. The number of benzene rings is 1. The van der Waals surface area contributed by atoms with E-state index in [1.54, 1.807) is 7.11 Å². The van der Waals surface area contributed by atoms with Gasteiger partial charge in [-0.3, -0.25) is 4.98 Å². The molecule has 2 aliphatic rings. The fourth-order valence-electron chi connectivity index (χ4n) is 5.95. The van der Waals surface area contributed by atoms with Gasteiger partial charge in [0.2, 0.25) is 0 Å². The molecule has 5 rings (SSSR count). The molecule has 3 aromatic rings. The van der Waals surface area contributed by atoms with E-state index in [-0.39, 0.29) is 5.41 Å². The third kappa shape index (κ3) is 3.33. The number of hydrogen-bond donors (Lipinski definition) is 1. The Morgan fingerprint density at radius 2 is 2.16 bits per heavy atom. The lowest BCUT2D eigenvalue weighted by Crippen LogP contribution is -2.49. The van der Waals surface area contributed by atoms with E-state index in [2.05, 4.69) is 29.1 Å². The fourth-order valence-corrected chi connectivity index (χ4v) is 5.95. The van der Waals surface area contributed by atoms with Gasteiger partial charge in [-0.1, -0.05) is 6.92 Å². The number of nitrogens with zero attached hydrogens (tertiary/aromatic N) is 3. The summed E-state index contributed by atoms with van der Waals surface area (Å²) in [5.74, 6) is 1.32. The van der Waals surface area contributed by atoms with Gasteiger partial charge in [-0.2, -0.15) is 5.10 Å². The summed E-state index contributed by atoms with van der Waals surface area (Å²) in [5.41, 5.74) is 3.55. The molecule has 1 aromatic carbocycles. The number of methoxy groups -OCH3 is 1. The Balaban J connectivity index is 1.61. The highest BCUT2D eigenvalue weighted by molar-refractivity contribution is 5.83. The highest BCUT2D eigenvalue weighted by atomic mass is 16.5. The maximum atomic E-state index is 11.1. The van der Waals surface area contributed by atoms with Gasteiger partial charge in [-0.05, 0) is 63.1 Å². The van der Waals surface area contributed by atoms with Gasteiger partial charge in [0.05, 0.1) is 36.2 Å². The molecule has 164 valence electrons. The summed E-state index contributed by atoms with van der Waals surface area (Å²) in [6, 6.07) is 8.46. The van der Waals surface area contributed by atoms with Crippen molar-refractivity contribution < 1.29 is 14.6 Å². The second kappa shape index (κ2) is 7.61. The van der Waals surface area contributed by atoms with Crippen LogP contribution in [0.1, 0.15) is 50.3 Å². The maximum absolute atomic E-state index is 11.1. The van der Waals surface area contributed by atoms with Gasteiger partial charge in [-0.25, -0.2) is 4.68 Å². The van der Waals surface area contributed by atoms with Gasteiger partial charge in [-0.15, -0.1) is 0 Å². The van der Waals surface area contributed by atoms with Gasteiger partial charge in [0.25, 0.3) is 0 Å². The Kier molecular flexibility index (Phi) is 5.02. The molecule has 6 nitrogen and oxygen atoms in total. The first-order valence-corrected chi connectivity index (χ1v) is 11.3. The van der Waals surface area contributed by atoms with E-state index < -0.39 is 5.60 Å². The fraction of sp³-hybridized carbons (Fsp3) is 0.520. The summed E-state index contributed by atoms with van der Waals surface area (Å²) in [6.07, 6.45) is 8.18. The summed E-state index contributed by atoms with van der Waals surface area (Å²) in [7, 11) is 1.67. The van der Waals surface area contributed by atoms with Gasteiger partial charge < -0.3 is 14.6 Å². The van der Waals surface area contributed by atoms with E-state index >= 15 is 0 Å². The summed E-state index contributed by atoms with van der Waals surface area (Å²) in [5, 5.41) is 16.9. The minimum atomic E-state index is -0.739. The van der Waals surface area contributed by atoms with Crippen LogP contribution < -0.4 is 4.74 Å². The van der Waals surface area contributed by atoms with Crippen LogP contribution in [0.2, 0.25) is 0 Å². The Labute approximate surface area is 183 Å². The quantitative estimate of drug-likeness (QED) is 0.679. The Hall–Kier alpha value is -2.44. The maximum Gasteiger partial charge on any atom is 0.125 e. The predicted molar refractivity (Wildman–Crippen MR) is 120 cm³/mol. The highest BCUT2D eigenvalue weighted by Crippen LogP contribution is 2.54. The summed E-state index contributed by atoms with van der Waals surface area (Å²) in [4.78, 5) is 4.31. The van der Waals surface area contributed by atoms with Crippen molar-refractivity contribution in [3.05, 3.63) is 47.9 Å². The van der Waals surface area contributed by atoms with Crippen molar-refractivity contribution in [1.29, 1.82) is 0 Å². The zero-order chi connectivity index (χ0) is 21.6. The number of pyridine rings is 1. The number of ether oxygens (including phenoxy) is 2. The van der Waals surface area contributed by atoms with Crippen LogP contribution in [-0.2, 0) is 10.2 Å². The van der Waals surface area contributed by atoms with Crippen LogP contribution in [-0.4, -0.2) is 45.8 Å². The van der Waals surface area contributed by atoms with E-state index in [4.69, 9.17) is 9.47 Å². The van der Waals surface area contributed by atoms with Gasteiger partial charge in [0.15, 0.2) is 0 Å². The van der Waals surface area contributed by atoms with Crippen molar-refractivity contribution in [3.63, 3.8) is 0 Å². The lowest BCUT2D eigenvalue weighted by Gasteiger charge is -2.49. The summed E-state index contributed by atoms with van der Waals surface area (Å²) < 4.78 is 13.6. The van der Waals surface area contributed by atoms with Crippen LogP contribution in [0.3, 0.4) is 0 Å². The number of hydrogen-bond acceptors (Lipinski definition) is 5. The smallest absolute Gasteiger partial charge is 0.125 e. The number of aliphatic hydroxyl groups is 1. The van der Waals surface area contributed by atoms with Crippen molar-refractivity contribution >= 4 is 10.9 Å². The molecular formula is C25H31N3O3. The van der Waals surface area contributed by atoms with E-state index in [1.165, 1.54) is 5.56 Å². The van der Waals surface area contributed by atoms with Crippen LogP contribution in [0.4, 0.5) is 0 Å². The molecule has 0 unspecified atom stereocenters. The molecule has 0 saturated heterocycles. The largest absolute Gasteiger partial charge is 0.493 e. The van der Waals surface area contributed by atoms with Crippen LogP contribution in [0.25, 0.3) is 16.6 Å². The molecule has 6 heteroatoms. The molecule has 2 aromatic heterocycles. The first-order valence-electron chi connectivity index (χ1n) is 11.3. The van der Waals surface area contributed by atoms with Gasteiger partial charge in [0, 0.05) is 41.4 Å². The molecule has 1 saturated carbocycles. The molecule has 3 heterocycles. The van der Waals surface area contributed by atoms with E-state index in [0.717, 1.165) is 60.1 Å². The lowest BCUT2D eigenvalue weighted by atomic mass is 9.57.